The van der Waals surface area contributed by atoms with Gasteiger partial charge in [-0.3, -0.25) is 4.79 Å². The fraction of sp³-hybridized carbons (Fsp3) is 0.412. The number of anilines is 1. The van der Waals surface area contributed by atoms with E-state index in [1.165, 1.54) is 0 Å². The Morgan fingerprint density at radius 2 is 2.33 bits per heavy atom. The van der Waals surface area contributed by atoms with Crippen molar-refractivity contribution in [2.45, 2.75) is 31.3 Å². The summed E-state index contributed by atoms with van der Waals surface area (Å²) in [5.41, 5.74) is 7.88. The highest BCUT2D eigenvalue weighted by molar-refractivity contribution is 8.04. The van der Waals surface area contributed by atoms with Gasteiger partial charge >= 0.3 is 0 Å². The maximum atomic E-state index is 12.6. The zero-order chi connectivity index (χ0) is 16.5. The van der Waals surface area contributed by atoms with Crippen LogP contribution in [-0.2, 0) is 4.79 Å². The molecule has 0 spiro atoms. The van der Waals surface area contributed by atoms with Gasteiger partial charge in [-0.2, -0.15) is 0 Å². The summed E-state index contributed by atoms with van der Waals surface area (Å²) in [4.78, 5) is 22.9. The zero-order valence-electron chi connectivity index (χ0n) is 13.4. The number of aromatic nitrogens is 2. The summed E-state index contributed by atoms with van der Waals surface area (Å²) < 4.78 is 0. The molecular weight excluding hydrogens is 322 g/mol. The summed E-state index contributed by atoms with van der Waals surface area (Å²) in [6.45, 7) is 0.875. The third-order valence-corrected chi connectivity index (χ3v) is 5.63. The molecule has 7 heteroatoms. The smallest absolute Gasteiger partial charge is 0.259 e. The molecule has 2 aliphatic rings. The highest BCUT2D eigenvalue weighted by Crippen LogP contribution is 2.30. The maximum Gasteiger partial charge on any atom is 0.259 e. The molecular formula is C17H21N5OS. The van der Waals surface area contributed by atoms with Crippen LogP contribution in [0.5, 0.6) is 0 Å². The molecule has 126 valence electrons. The third-order valence-electron chi connectivity index (χ3n) is 4.64. The number of hydrogen-bond donors (Lipinski definition) is 3. The van der Waals surface area contributed by atoms with Crippen LogP contribution >= 0.6 is 11.8 Å². The highest BCUT2D eigenvalue weighted by Gasteiger charge is 2.26. The monoisotopic (exact) mass is 343 g/mol. The van der Waals surface area contributed by atoms with E-state index in [1.54, 1.807) is 18.0 Å². The van der Waals surface area contributed by atoms with E-state index >= 15 is 0 Å². The number of rotatable bonds is 3. The lowest BCUT2D eigenvalue weighted by molar-refractivity contribution is -0.117. The van der Waals surface area contributed by atoms with Crippen molar-refractivity contribution >= 4 is 34.4 Å². The van der Waals surface area contributed by atoms with Gasteiger partial charge in [-0.15, -0.1) is 11.8 Å². The number of hydrogen-bond acceptors (Lipinski definition) is 5. The van der Waals surface area contributed by atoms with Crippen molar-refractivity contribution in [2.24, 2.45) is 5.73 Å². The van der Waals surface area contributed by atoms with Gasteiger partial charge in [-0.25, -0.2) is 4.98 Å². The van der Waals surface area contributed by atoms with Crippen molar-refractivity contribution in [3.8, 4) is 0 Å². The average molecular weight is 343 g/mol. The largest absolute Gasteiger partial charge is 0.349 e. The minimum Gasteiger partial charge on any atom is -0.349 e. The number of amides is 1. The number of fused-ring (bicyclic) bond motifs is 1. The first kappa shape index (κ1) is 15.5. The van der Waals surface area contributed by atoms with Crippen LogP contribution in [0.2, 0.25) is 0 Å². The van der Waals surface area contributed by atoms with Crippen molar-refractivity contribution in [3.63, 3.8) is 0 Å². The summed E-state index contributed by atoms with van der Waals surface area (Å²) in [6.07, 6.45) is 8.49. The lowest BCUT2D eigenvalue weighted by Gasteiger charge is -2.27. The first-order valence-corrected chi connectivity index (χ1v) is 9.29. The predicted molar refractivity (Wildman–Crippen MR) is 97.7 cm³/mol. The molecule has 6 nitrogen and oxygen atoms in total. The molecule has 0 aromatic carbocycles. The van der Waals surface area contributed by atoms with E-state index in [1.807, 2.05) is 24.5 Å². The topological polar surface area (TPSA) is 87.0 Å². The molecule has 0 saturated heterocycles. The van der Waals surface area contributed by atoms with Gasteiger partial charge in [0.05, 0.1) is 10.6 Å². The van der Waals surface area contributed by atoms with Gasteiger partial charge in [-0.1, -0.05) is 0 Å². The fourth-order valence-corrected chi connectivity index (χ4v) is 4.31. The number of aromatic amines is 1. The molecule has 3 heterocycles. The second-order valence-corrected chi connectivity index (χ2v) is 7.49. The Kier molecular flexibility index (Phi) is 4.20. The SMILES string of the molecule is N[C@@H]1CC[C@H](NC(=O)C2=CN(c3ccnc4[nH]ccc34)CCS2)C1. The molecule has 4 rings (SSSR count). The molecule has 1 aliphatic heterocycles. The number of nitrogens with one attached hydrogen (secondary N) is 2. The van der Waals surface area contributed by atoms with Crippen LogP contribution in [0.15, 0.2) is 35.6 Å². The van der Waals surface area contributed by atoms with Gasteiger partial charge in [0.15, 0.2) is 0 Å². The lowest BCUT2D eigenvalue weighted by Crippen LogP contribution is -2.36. The summed E-state index contributed by atoms with van der Waals surface area (Å²) in [7, 11) is 0. The predicted octanol–water partition coefficient (Wildman–Crippen LogP) is 1.95. The molecule has 0 unspecified atom stereocenters. The highest BCUT2D eigenvalue weighted by atomic mass is 32.2. The maximum absolute atomic E-state index is 12.6. The van der Waals surface area contributed by atoms with Crippen LogP contribution in [0.4, 0.5) is 5.69 Å². The molecule has 4 N–H and O–H groups in total. The van der Waals surface area contributed by atoms with E-state index in [-0.39, 0.29) is 18.0 Å². The number of nitrogens with zero attached hydrogens (tertiary/aromatic N) is 2. The number of thioether (sulfide) groups is 1. The van der Waals surface area contributed by atoms with Crippen molar-refractivity contribution in [2.75, 3.05) is 17.2 Å². The van der Waals surface area contributed by atoms with E-state index in [4.69, 9.17) is 5.73 Å². The van der Waals surface area contributed by atoms with E-state index < -0.39 is 0 Å². The number of carbonyl (C=O) groups excluding carboxylic acids is 1. The van der Waals surface area contributed by atoms with Crippen molar-refractivity contribution < 1.29 is 4.79 Å². The van der Waals surface area contributed by atoms with Gasteiger partial charge in [0.1, 0.15) is 5.65 Å². The Balaban J connectivity index is 1.54. The van der Waals surface area contributed by atoms with Gasteiger partial charge < -0.3 is 20.9 Å². The van der Waals surface area contributed by atoms with Crippen LogP contribution in [0, 0.1) is 0 Å². The Hall–Kier alpha value is -1.99. The van der Waals surface area contributed by atoms with Crippen molar-refractivity contribution in [1.29, 1.82) is 0 Å². The Bertz CT molecular complexity index is 786. The van der Waals surface area contributed by atoms with E-state index in [0.29, 0.717) is 0 Å². The lowest BCUT2D eigenvalue weighted by atomic mass is 10.2. The molecule has 1 aliphatic carbocycles. The van der Waals surface area contributed by atoms with Crippen molar-refractivity contribution in [1.82, 2.24) is 15.3 Å². The van der Waals surface area contributed by atoms with Crippen LogP contribution in [0.3, 0.4) is 0 Å². The molecule has 1 saturated carbocycles. The number of pyridine rings is 1. The normalized spacial score (nSPS) is 24.2. The number of nitrogens with two attached hydrogens (primary N) is 1. The van der Waals surface area contributed by atoms with E-state index in [0.717, 1.165) is 53.2 Å². The molecule has 2 aromatic heterocycles. The van der Waals surface area contributed by atoms with Gasteiger partial charge in [-0.05, 0) is 31.4 Å². The zero-order valence-corrected chi connectivity index (χ0v) is 14.2. The molecule has 0 radical (unpaired) electrons. The Morgan fingerprint density at radius 3 is 3.17 bits per heavy atom. The molecule has 1 amide bonds. The fourth-order valence-electron chi connectivity index (χ4n) is 3.41. The van der Waals surface area contributed by atoms with Crippen molar-refractivity contribution in [3.05, 3.63) is 35.6 Å². The second-order valence-electron chi connectivity index (χ2n) is 6.35. The summed E-state index contributed by atoms with van der Waals surface area (Å²) in [5.74, 6) is 0.903. The first-order chi connectivity index (χ1) is 11.7. The summed E-state index contributed by atoms with van der Waals surface area (Å²) >= 11 is 1.61. The van der Waals surface area contributed by atoms with E-state index in [9.17, 15) is 4.79 Å². The van der Waals surface area contributed by atoms with Gasteiger partial charge in [0, 0.05) is 48.4 Å². The average Bonchev–Trinajstić information content (AvgIpc) is 3.23. The number of carbonyl (C=O) groups is 1. The van der Waals surface area contributed by atoms with Crippen LogP contribution in [0.1, 0.15) is 19.3 Å². The second kappa shape index (κ2) is 6.49. The first-order valence-electron chi connectivity index (χ1n) is 8.30. The molecule has 2 atom stereocenters. The molecule has 24 heavy (non-hydrogen) atoms. The Morgan fingerprint density at radius 1 is 1.42 bits per heavy atom. The number of H-pyrrole nitrogens is 1. The molecule has 1 fully saturated rings. The molecule has 2 aromatic rings. The molecule has 0 bridgehead atoms. The minimum atomic E-state index is 0.0168. The minimum absolute atomic E-state index is 0.0168. The summed E-state index contributed by atoms with van der Waals surface area (Å²) in [6, 6.07) is 4.45. The van der Waals surface area contributed by atoms with Gasteiger partial charge in [0.2, 0.25) is 0 Å². The Labute approximate surface area is 144 Å². The summed E-state index contributed by atoms with van der Waals surface area (Å²) in [5, 5.41) is 4.20. The standard InChI is InChI=1S/C17H21N5OS/c18-11-1-2-12(9-11)21-17(23)15-10-22(7-8-24-15)14-4-6-20-16-13(14)3-5-19-16/h3-6,10-12H,1-2,7-9,18H2,(H,19,20)(H,21,23)/t11-,12+/m1/s1. The van der Waals surface area contributed by atoms with Gasteiger partial charge in [0.25, 0.3) is 5.91 Å². The quantitative estimate of drug-likeness (QED) is 0.793. The van der Waals surface area contributed by atoms with Crippen LogP contribution in [0.25, 0.3) is 11.0 Å². The third kappa shape index (κ3) is 3.01. The van der Waals surface area contributed by atoms with Crippen LogP contribution < -0.4 is 16.0 Å². The van der Waals surface area contributed by atoms with E-state index in [2.05, 4.69) is 20.2 Å². The van der Waals surface area contributed by atoms with Crippen LogP contribution in [-0.4, -0.2) is 40.3 Å².